The molecule has 0 aliphatic carbocycles. The first kappa shape index (κ1) is 25.6. The molecule has 4 aromatic rings. The molecule has 2 aromatic heterocycles. The van der Waals surface area contributed by atoms with Crippen LogP contribution >= 0.6 is 11.6 Å². The third-order valence-electron chi connectivity index (χ3n) is 6.33. The van der Waals surface area contributed by atoms with Gasteiger partial charge in [-0.25, -0.2) is 18.3 Å². The molecule has 0 spiro atoms. The Hall–Kier alpha value is -3.46. The normalized spacial score (nSPS) is 12.5. The maximum atomic E-state index is 14.5. The monoisotopic (exact) mass is 513 g/mol. The highest BCUT2D eigenvalue weighted by Gasteiger charge is 2.21. The number of nitrogens with one attached hydrogen (secondary N) is 1. The molecule has 2 aromatic carbocycles. The van der Waals surface area contributed by atoms with Crippen molar-refractivity contribution in [1.29, 1.82) is 0 Å². The highest BCUT2D eigenvalue weighted by atomic mass is 35.5. The van der Waals surface area contributed by atoms with Crippen LogP contribution < -0.4 is 16.6 Å². The zero-order valence-electron chi connectivity index (χ0n) is 20.7. The number of nitrogens with zero attached hydrogens (tertiary/aromatic N) is 4. The fraction of sp³-hybridized carbons (Fsp3) is 0.385. The predicted octanol–water partition coefficient (Wildman–Crippen LogP) is 4.23. The van der Waals surface area contributed by atoms with E-state index in [0.29, 0.717) is 24.4 Å². The first-order valence-corrected chi connectivity index (χ1v) is 12.4. The largest absolute Gasteiger partial charge is 0.352 e. The summed E-state index contributed by atoms with van der Waals surface area (Å²) in [6, 6.07) is 8.91. The standard InChI is InChI=1S/C26H29ClFN5O3/c1-5-16(4)29-23(34)17-9-10-18-22(13-17)33-25(31(24(18)35)12-11-15(2)3)30-32(26(33)36)14-19-20(27)7-6-8-21(19)28/h6-10,13,15-16H,5,11-12,14H2,1-4H3,(H,29,34). The van der Waals surface area contributed by atoms with Gasteiger partial charge in [0.15, 0.2) is 0 Å². The predicted molar refractivity (Wildman–Crippen MR) is 138 cm³/mol. The minimum atomic E-state index is -0.563. The van der Waals surface area contributed by atoms with E-state index < -0.39 is 11.5 Å². The Balaban J connectivity index is 1.96. The maximum absolute atomic E-state index is 14.5. The van der Waals surface area contributed by atoms with Crippen molar-refractivity contribution < 1.29 is 9.18 Å². The molecule has 36 heavy (non-hydrogen) atoms. The van der Waals surface area contributed by atoms with Crippen molar-refractivity contribution in [2.75, 3.05) is 0 Å². The van der Waals surface area contributed by atoms with Crippen molar-refractivity contribution in [3.05, 3.63) is 79.2 Å². The van der Waals surface area contributed by atoms with Crippen LogP contribution in [-0.4, -0.2) is 30.7 Å². The van der Waals surface area contributed by atoms with Gasteiger partial charge >= 0.3 is 5.69 Å². The Morgan fingerprint density at radius 3 is 2.58 bits per heavy atom. The number of aromatic nitrogens is 4. The van der Waals surface area contributed by atoms with Crippen molar-refractivity contribution in [2.24, 2.45) is 5.92 Å². The summed E-state index contributed by atoms with van der Waals surface area (Å²) < 4.78 is 18.3. The second-order valence-corrected chi connectivity index (χ2v) is 9.84. The summed E-state index contributed by atoms with van der Waals surface area (Å²) in [5.41, 5.74) is -0.164. The van der Waals surface area contributed by atoms with Crippen molar-refractivity contribution in [3.63, 3.8) is 0 Å². The molecule has 2 heterocycles. The van der Waals surface area contributed by atoms with Crippen molar-refractivity contribution in [2.45, 2.75) is 59.7 Å². The number of amides is 1. The van der Waals surface area contributed by atoms with Gasteiger partial charge in [0.2, 0.25) is 5.78 Å². The van der Waals surface area contributed by atoms with Crippen molar-refractivity contribution >= 4 is 34.2 Å². The molecular weight excluding hydrogens is 485 g/mol. The molecule has 190 valence electrons. The number of aryl methyl sites for hydroxylation is 1. The molecule has 0 radical (unpaired) electrons. The highest BCUT2D eigenvalue weighted by Crippen LogP contribution is 2.20. The van der Waals surface area contributed by atoms with Crippen molar-refractivity contribution in [1.82, 2.24) is 24.1 Å². The number of carbonyl (C=O) groups is 1. The van der Waals surface area contributed by atoms with Crippen LogP contribution in [0.4, 0.5) is 4.39 Å². The zero-order chi connectivity index (χ0) is 26.1. The van der Waals surface area contributed by atoms with Crippen LogP contribution in [-0.2, 0) is 13.1 Å². The van der Waals surface area contributed by atoms with E-state index in [1.807, 2.05) is 27.7 Å². The van der Waals surface area contributed by atoms with Gasteiger partial charge in [0, 0.05) is 28.7 Å². The molecule has 0 aliphatic rings. The summed E-state index contributed by atoms with van der Waals surface area (Å²) in [5, 5.41) is 7.77. The Bertz CT molecular complexity index is 1550. The molecule has 1 atom stereocenters. The van der Waals surface area contributed by atoms with Crippen LogP contribution in [0.3, 0.4) is 0 Å². The van der Waals surface area contributed by atoms with E-state index in [2.05, 4.69) is 10.4 Å². The molecule has 0 bridgehead atoms. The average molecular weight is 514 g/mol. The lowest BCUT2D eigenvalue weighted by atomic mass is 10.1. The van der Waals surface area contributed by atoms with Crippen LogP contribution in [0.2, 0.25) is 5.02 Å². The van der Waals surface area contributed by atoms with Gasteiger partial charge in [-0.2, -0.15) is 0 Å². The quantitative estimate of drug-likeness (QED) is 0.382. The second kappa shape index (κ2) is 10.3. The molecule has 1 unspecified atom stereocenters. The number of halogens is 2. The van der Waals surface area contributed by atoms with E-state index in [0.717, 1.165) is 11.1 Å². The number of hydrogen-bond acceptors (Lipinski definition) is 4. The number of benzene rings is 2. The zero-order valence-corrected chi connectivity index (χ0v) is 21.5. The third-order valence-corrected chi connectivity index (χ3v) is 6.68. The lowest BCUT2D eigenvalue weighted by Crippen LogP contribution is -2.32. The smallest absolute Gasteiger partial charge is 0.350 e. The van der Waals surface area contributed by atoms with Gasteiger partial charge < -0.3 is 5.32 Å². The second-order valence-electron chi connectivity index (χ2n) is 9.43. The van der Waals surface area contributed by atoms with Crippen LogP contribution in [0.25, 0.3) is 16.7 Å². The summed E-state index contributed by atoms with van der Waals surface area (Å²) in [6.07, 6.45) is 1.45. The summed E-state index contributed by atoms with van der Waals surface area (Å²) in [4.78, 5) is 39.8. The number of carbonyl (C=O) groups excluding carboxylic acids is 1. The minimum Gasteiger partial charge on any atom is -0.350 e. The number of rotatable bonds is 8. The minimum absolute atomic E-state index is 0.0340. The molecule has 8 nitrogen and oxygen atoms in total. The SMILES string of the molecule is CCC(C)NC(=O)c1ccc2c(=O)n(CCC(C)C)c3nn(Cc4c(F)cccc4Cl)c(=O)n3c2c1. The lowest BCUT2D eigenvalue weighted by Gasteiger charge is -2.13. The van der Waals surface area contributed by atoms with Crippen LogP contribution in [0, 0.1) is 11.7 Å². The van der Waals surface area contributed by atoms with Gasteiger partial charge in [0.05, 0.1) is 17.4 Å². The number of fused-ring (bicyclic) bond motifs is 3. The van der Waals surface area contributed by atoms with Gasteiger partial charge in [0.1, 0.15) is 5.82 Å². The topological polar surface area (TPSA) is 90.4 Å². The van der Waals surface area contributed by atoms with E-state index in [-0.39, 0.29) is 51.3 Å². The van der Waals surface area contributed by atoms with E-state index >= 15 is 0 Å². The molecule has 10 heteroatoms. The summed E-state index contributed by atoms with van der Waals surface area (Å²) in [5.74, 6) is -0.421. The van der Waals surface area contributed by atoms with E-state index in [4.69, 9.17) is 11.6 Å². The molecule has 1 N–H and O–H groups in total. The van der Waals surface area contributed by atoms with E-state index in [1.165, 1.54) is 33.2 Å². The molecule has 0 saturated heterocycles. The van der Waals surface area contributed by atoms with Crippen LogP contribution in [0.5, 0.6) is 0 Å². The highest BCUT2D eigenvalue weighted by molar-refractivity contribution is 6.31. The van der Waals surface area contributed by atoms with Gasteiger partial charge in [-0.1, -0.05) is 38.4 Å². The summed E-state index contributed by atoms with van der Waals surface area (Å²) >= 11 is 6.19. The first-order chi connectivity index (χ1) is 17.1. The Morgan fingerprint density at radius 2 is 1.92 bits per heavy atom. The number of hydrogen-bond donors (Lipinski definition) is 1. The fourth-order valence-corrected chi connectivity index (χ4v) is 4.21. The van der Waals surface area contributed by atoms with Crippen molar-refractivity contribution in [3.8, 4) is 0 Å². The first-order valence-electron chi connectivity index (χ1n) is 12.0. The van der Waals surface area contributed by atoms with Crippen LogP contribution in [0.15, 0.2) is 46.0 Å². The van der Waals surface area contributed by atoms with Crippen LogP contribution in [0.1, 0.15) is 56.5 Å². The molecule has 0 fully saturated rings. The van der Waals surface area contributed by atoms with Gasteiger partial charge in [-0.15, -0.1) is 5.10 Å². The molecule has 0 aliphatic heterocycles. The molecular formula is C26H29ClFN5O3. The van der Waals surface area contributed by atoms with Gasteiger partial charge in [0.25, 0.3) is 11.5 Å². The van der Waals surface area contributed by atoms with E-state index in [1.54, 1.807) is 12.1 Å². The molecule has 4 rings (SSSR count). The van der Waals surface area contributed by atoms with Gasteiger partial charge in [-0.05, 0) is 56.0 Å². The average Bonchev–Trinajstić information content (AvgIpc) is 3.16. The third kappa shape index (κ3) is 4.80. The maximum Gasteiger partial charge on any atom is 0.352 e. The fourth-order valence-electron chi connectivity index (χ4n) is 3.99. The Labute approximate surface area is 212 Å². The molecule has 0 saturated carbocycles. The Kier molecular flexibility index (Phi) is 7.31. The summed E-state index contributed by atoms with van der Waals surface area (Å²) in [6.45, 7) is 8.08. The van der Waals surface area contributed by atoms with E-state index in [9.17, 15) is 18.8 Å². The Morgan fingerprint density at radius 1 is 1.17 bits per heavy atom. The molecule has 1 amide bonds. The summed E-state index contributed by atoms with van der Waals surface area (Å²) in [7, 11) is 0. The lowest BCUT2D eigenvalue weighted by molar-refractivity contribution is 0.0939. The van der Waals surface area contributed by atoms with Gasteiger partial charge in [-0.3, -0.25) is 14.2 Å².